The fourth-order valence-corrected chi connectivity index (χ4v) is 0.761. The van der Waals surface area contributed by atoms with Gasteiger partial charge in [0.2, 0.25) is 0 Å². The summed E-state index contributed by atoms with van der Waals surface area (Å²) in [5.74, 6) is -0.367. The molecule has 4 heteroatoms. The summed E-state index contributed by atoms with van der Waals surface area (Å²) in [5.41, 5.74) is 0. The molecular formula is C9H18N2O2. The smallest absolute Gasteiger partial charge is 0.330 e. The Morgan fingerprint density at radius 1 is 1.38 bits per heavy atom. The SMILES string of the molecule is C=CC(=O)OCCNCCNCC. The Balaban J connectivity index is 2.99. The van der Waals surface area contributed by atoms with Crippen LogP contribution in [0, 0.1) is 0 Å². The first-order valence-corrected chi connectivity index (χ1v) is 4.52. The molecule has 0 aliphatic rings. The van der Waals surface area contributed by atoms with E-state index in [1.807, 2.05) is 0 Å². The van der Waals surface area contributed by atoms with Gasteiger partial charge in [-0.15, -0.1) is 0 Å². The number of hydrogen-bond acceptors (Lipinski definition) is 4. The van der Waals surface area contributed by atoms with E-state index in [1.54, 1.807) is 0 Å². The average molecular weight is 186 g/mol. The highest BCUT2D eigenvalue weighted by Gasteiger charge is 1.93. The van der Waals surface area contributed by atoms with Crippen LogP contribution >= 0.6 is 0 Å². The molecule has 0 spiro atoms. The second-order valence-electron chi connectivity index (χ2n) is 2.48. The number of esters is 1. The maximum absolute atomic E-state index is 10.6. The van der Waals surface area contributed by atoms with E-state index < -0.39 is 0 Å². The quantitative estimate of drug-likeness (QED) is 0.316. The molecule has 0 heterocycles. The van der Waals surface area contributed by atoms with Crippen molar-refractivity contribution in [1.82, 2.24) is 10.6 Å². The van der Waals surface area contributed by atoms with Crippen LogP contribution in [-0.4, -0.2) is 38.8 Å². The van der Waals surface area contributed by atoms with Crippen LogP contribution in [0.25, 0.3) is 0 Å². The van der Waals surface area contributed by atoms with E-state index >= 15 is 0 Å². The fraction of sp³-hybridized carbons (Fsp3) is 0.667. The molecule has 76 valence electrons. The Kier molecular flexibility index (Phi) is 8.60. The van der Waals surface area contributed by atoms with Crippen LogP contribution in [0.5, 0.6) is 0 Å². The van der Waals surface area contributed by atoms with Gasteiger partial charge in [-0.1, -0.05) is 13.5 Å². The molecule has 0 aromatic heterocycles. The molecule has 0 atom stereocenters. The maximum Gasteiger partial charge on any atom is 0.330 e. The van der Waals surface area contributed by atoms with Crippen molar-refractivity contribution >= 4 is 5.97 Å². The van der Waals surface area contributed by atoms with E-state index in [4.69, 9.17) is 4.74 Å². The molecule has 0 aromatic rings. The summed E-state index contributed by atoms with van der Waals surface area (Å²) >= 11 is 0. The number of ether oxygens (including phenoxy) is 1. The summed E-state index contributed by atoms with van der Waals surface area (Å²) in [4.78, 5) is 10.6. The van der Waals surface area contributed by atoms with Crippen molar-refractivity contribution in [3.8, 4) is 0 Å². The molecule has 13 heavy (non-hydrogen) atoms. The highest BCUT2D eigenvalue weighted by molar-refractivity contribution is 5.81. The van der Waals surface area contributed by atoms with Gasteiger partial charge >= 0.3 is 5.97 Å². The number of rotatable bonds is 8. The van der Waals surface area contributed by atoms with Gasteiger partial charge in [-0.2, -0.15) is 0 Å². The Labute approximate surface area is 79.3 Å². The average Bonchev–Trinajstić information content (AvgIpc) is 2.16. The highest BCUT2D eigenvalue weighted by atomic mass is 16.5. The molecule has 0 amide bonds. The minimum absolute atomic E-state index is 0.367. The van der Waals surface area contributed by atoms with E-state index in [9.17, 15) is 4.79 Å². The van der Waals surface area contributed by atoms with E-state index in [0.717, 1.165) is 19.6 Å². The number of hydrogen-bond donors (Lipinski definition) is 2. The van der Waals surface area contributed by atoms with Crippen LogP contribution in [0.2, 0.25) is 0 Å². The monoisotopic (exact) mass is 186 g/mol. The van der Waals surface area contributed by atoms with Gasteiger partial charge in [-0.3, -0.25) is 0 Å². The maximum atomic E-state index is 10.6. The lowest BCUT2D eigenvalue weighted by atomic mass is 10.5. The van der Waals surface area contributed by atoms with Gasteiger partial charge in [-0.25, -0.2) is 4.79 Å². The lowest BCUT2D eigenvalue weighted by Gasteiger charge is -2.04. The Bertz CT molecular complexity index is 149. The second-order valence-corrected chi connectivity index (χ2v) is 2.48. The number of likely N-dealkylation sites (N-methyl/N-ethyl adjacent to an activating group) is 1. The fourth-order valence-electron chi connectivity index (χ4n) is 0.761. The molecule has 4 nitrogen and oxygen atoms in total. The van der Waals surface area contributed by atoms with Crippen LogP contribution in [0.1, 0.15) is 6.92 Å². The van der Waals surface area contributed by atoms with Crippen LogP contribution in [-0.2, 0) is 9.53 Å². The zero-order chi connectivity index (χ0) is 9.94. The lowest BCUT2D eigenvalue weighted by Crippen LogP contribution is -2.29. The van der Waals surface area contributed by atoms with E-state index in [2.05, 4.69) is 24.1 Å². The molecule has 2 N–H and O–H groups in total. The molecule has 0 saturated heterocycles. The summed E-state index contributed by atoms with van der Waals surface area (Å²) in [5, 5.41) is 6.30. The molecule has 0 bridgehead atoms. The third-order valence-corrected chi connectivity index (χ3v) is 1.42. The Hall–Kier alpha value is -0.870. The van der Waals surface area contributed by atoms with Gasteiger partial charge < -0.3 is 15.4 Å². The number of carbonyl (C=O) groups excluding carboxylic acids is 1. The van der Waals surface area contributed by atoms with Crippen molar-refractivity contribution in [3.05, 3.63) is 12.7 Å². The summed E-state index contributed by atoms with van der Waals surface area (Å²) in [6.45, 7) is 9.25. The van der Waals surface area contributed by atoms with E-state index in [0.29, 0.717) is 13.2 Å². The summed E-state index contributed by atoms with van der Waals surface area (Å²) in [6.07, 6.45) is 1.17. The Morgan fingerprint density at radius 2 is 2.08 bits per heavy atom. The molecule has 0 saturated carbocycles. The van der Waals surface area contributed by atoms with Crippen molar-refractivity contribution in [3.63, 3.8) is 0 Å². The predicted octanol–water partition coefficient (Wildman–Crippen LogP) is -0.0853. The molecule has 0 radical (unpaired) electrons. The molecule has 0 rings (SSSR count). The predicted molar refractivity (Wildman–Crippen MR) is 52.6 cm³/mol. The van der Waals surface area contributed by atoms with Crippen LogP contribution in [0.3, 0.4) is 0 Å². The second kappa shape index (κ2) is 9.22. The third kappa shape index (κ3) is 9.04. The third-order valence-electron chi connectivity index (χ3n) is 1.42. The van der Waals surface area contributed by atoms with Gasteiger partial charge in [0, 0.05) is 25.7 Å². The summed E-state index contributed by atoms with van der Waals surface area (Å²) in [6, 6.07) is 0. The van der Waals surface area contributed by atoms with Gasteiger partial charge in [0.1, 0.15) is 6.61 Å². The number of carbonyl (C=O) groups is 1. The Morgan fingerprint density at radius 3 is 2.69 bits per heavy atom. The summed E-state index contributed by atoms with van der Waals surface area (Å²) < 4.78 is 4.76. The van der Waals surface area contributed by atoms with E-state index in [-0.39, 0.29) is 5.97 Å². The van der Waals surface area contributed by atoms with Gasteiger partial charge in [-0.05, 0) is 6.54 Å². The van der Waals surface area contributed by atoms with Crippen molar-refractivity contribution in [2.75, 3.05) is 32.8 Å². The minimum Gasteiger partial charge on any atom is -0.461 e. The molecule has 0 aliphatic heterocycles. The molecule has 0 fully saturated rings. The molecular weight excluding hydrogens is 168 g/mol. The largest absolute Gasteiger partial charge is 0.461 e. The van der Waals surface area contributed by atoms with Crippen LogP contribution < -0.4 is 10.6 Å². The first-order chi connectivity index (χ1) is 6.31. The van der Waals surface area contributed by atoms with Crippen molar-refractivity contribution in [1.29, 1.82) is 0 Å². The molecule has 0 aliphatic carbocycles. The van der Waals surface area contributed by atoms with Gasteiger partial charge in [0.15, 0.2) is 0 Å². The molecule has 0 aromatic carbocycles. The number of nitrogens with one attached hydrogen (secondary N) is 2. The molecule has 0 unspecified atom stereocenters. The van der Waals surface area contributed by atoms with Gasteiger partial charge in [0.05, 0.1) is 0 Å². The normalized spacial score (nSPS) is 9.62. The van der Waals surface area contributed by atoms with Crippen LogP contribution in [0.4, 0.5) is 0 Å². The lowest BCUT2D eigenvalue weighted by molar-refractivity contribution is -0.137. The first-order valence-electron chi connectivity index (χ1n) is 4.52. The zero-order valence-corrected chi connectivity index (χ0v) is 8.14. The van der Waals surface area contributed by atoms with E-state index in [1.165, 1.54) is 6.08 Å². The highest BCUT2D eigenvalue weighted by Crippen LogP contribution is 1.76. The van der Waals surface area contributed by atoms with Crippen LogP contribution in [0.15, 0.2) is 12.7 Å². The van der Waals surface area contributed by atoms with Crippen molar-refractivity contribution in [2.24, 2.45) is 0 Å². The first kappa shape index (κ1) is 12.1. The summed E-state index contributed by atoms with van der Waals surface area (Å²) in [7, 11) is 0. The van der Waals surface area contributed by atoms with Gasteiger partial charge in [0.25, 0.3) is 0 Å². The minimum atomic E-state index is -0.367. The van der Waals surface area contributed by atoms with Crippen molar-refractivity contribution < 1.29 is 9.53 Å². The topological polar surface area (TPSA) is 50.4 Å². The van der Waals surface area contributed by atoms with Crippen molar-refractivity contribution in [2.45, 2.75) is 6.92 Å². The standard InChI is InChI=1S/C9H18N2O2/c1-3-9(12)13-8-7-11-6-5-10-4-2/h3,10-11H,1,4-8H2,2H3. The zero-order valence-electron chi connectivity index (χ0n) is 8.14.